The molecule has 0 radical (unpaired) electrons. The van der Waals surface area contributed by atoms with Gasteiger partial charge >= 0.3 is 0 Å². The Bertz CT molecular complexity index is 494. The van der Waals surface area contributed by atoms with Gasteiger partial charge in [-0.25, -0.2) is 0 Å². The molecule has 20 heavy (non-hydrogen) atoms. The van der Waals surface area contributed by atoms with Gasteiger partial charge in [-0.1, -0.05) is 28.8 Å². The van der Waals surface area contributed by atoms with E-state index in [1.165, 1.54) is 40.7 Å². The Morgan fingerprint density at radius 1 is 1.00 bits per heavy atom. The minimum atomic E-state index is 0. The number of rotatable bonds is 1. The Balaban J connectivity index is 0.00000200. The Morgan fingerprint density at radius 3 is 2.10 bits per heavy atom. The average Bonchev–Trinajstić information content (AvgIpc) is 2.51. The summed E-state index contributed by atoms with van der Waals surface area (Å²) in [6.45, 7) is 11.4. The van der Waals surface area contributed by atoms with Crippen LogP contribution in [0.4, 0.5) is 0 Å². The van der Waals surface area contributed by atoms with Crippen molar-refractivity contribution in [2.75, 3.05) is 0 Å². The van der Waals surface area contributed by atoms with E-state index in [9.17, 15) is 0 Å². The summed E-state index contributed by atoms with van der Waals surface area (Å²) in [5, 5.41) is 0.961. The smallest absolute Gasteiger partial charge is 0.0406 e. The van der Waals surface area contributed by atoms with Crippen LogP contribution in [0.15, 0.2) is 45.0 Å². The molecule has 0 saturated heterocycles. The third-order valence-corrected chi connectivity index (χ3v) is 5.75. The maximum absolute atomic E-state index is 6.60. The first-order chi connectivity index (χ1) is 8.90. The zero-order valence-electron chi connectivity index (χ0n) is 13.2. The predicted molar refractivity (Wildman–Crippen MR) is 85.3 cm³/mol. The standard InChI is InChI=1S/C18H25Cl.Ru/c1-12-13(2)15(4)18(5,14(12)3)16-10-8-6-7-9-11-17(16)19;/h9,11H,6-8,10H2,1-5H3;. The van der Waals surface area contributed by atoms with Gasteiger partial charge in [0.05, 0.1) is 0 Å². The second kappa shape index (κ2) is 6.76. The van der Waals surface area contributed by atoms with Gasteiger partial charge in [0.2, 0.25) is 0 Å². The van der Waals surface area contributed by atoms with Crippen LogP contribution in [0, 0.1) is 5.41 Å². The molecule has 0 aromatic rings. The van der Waals surface area contributed by atoms with Gasteiger partial charge in [0.15, 0.2) is 0 Å². The fourth-order valence-corrected chi connectivity index (χ4v) is 3.88. The molecule has 2 heteroatoms. The van der Waals surface area contributed by atoms with E-state index < -0.39 is 0 Å². The normalized spacial score (nSPS) is 22.9. The summed E-state index contributed by atoms with van der Waals surface area (Å²) in [7, 11) is 0. The van der Waals surface area contributed by atoms with E-state index in [-0.39, 0.29) is 24.9 Å². The summed E-state index contributed by atoms with van der Waals surface area (Å²) in [6.07, 6.45) is 9.12. The van der Waals surface area contributed by atoms with Crippen LogP contribution >= 0.6 is 11.6 Å². The first-order valence-corrected chi connectivity index (χ1v) is 7.70. The molecule has 0 bridgehead atoms. The van der Waals surface area contributed by atoms with E-state index in [1.807, 2.05) is 0 Å². The number of allylic oxidation sites excluding steroid dienone is 8. The number of hydrogen-bond acceptors (Lipinski definition) is 0. The molecule has 0 amide bonds. The fourth-order valence-electron chi connectivity index (χ4n) is 3.51. The van der Waals surface area contributed by atoms with E-state index in [0.29, 0.717) is 0 Å². The van der Waals surface area contributed by atoms with Crippen molar-refractivity contribution >= 4 is 11.6 Å². The topological polar surface area (TPSA) is 0 Å². The fraction of sp³-hybridized carbons (Fsp3) is 0.556. The van der Waals surface area contributed by atoms with Gasteiger partial charge in [0.25, 0.3) is 0 Å². The van der Waals surface area contributed by atoms with Gasteiger partial charge in [0.1, 0.15) is 0 Å². The molecule has 0 nitrogen and oxygen atoms in total. The van der Waals surface area contributed by atoms with E-state index in [4.69, 9.17) is 11.6 Å². The molecule has 0 spiro atoms. The largest absolute Gasteiger partial charge is 0.0844 e. The van der Waals surface area contributed by atoms with Crippen LogP contribution in [0.3, 0.4) is 0 Å². The third kappa shape index (κ3) is 2.77. The molecule has 0 aromatic heterocycles. The molecule has 0 heterocycles. The van der Waals surface area contributed by atoms with E-state index in [2.05, 4.69) is 46.8 Å². The van der Waals surface area contributed by atoms with Crippen LogP contribution in [0.5, 0.6) is 0 Å². The van der Waals surface area contributed by atoms with Crippen molar-refractivity contribution in [3.05, 3.63) is 45.0 Å². The van der Waals surface area contributed by atoms with E-state index in [0.717, 1.165) is 17.9 Å². The molecule has 112 valence electrons. The first-order valence-electron chi connectivity index (χ1n) is 7.32. The van der Waals surface area contributed by atoms with Gasteiger partial charge in [-0.05, 0) is 83.1 Å². The quantitative estimate of drug-likeness (QED) is 0.470. The summed E-state index contributed by atoms with van der Waals surface area (Å²) in [5.74, 6) is 0. The second-order valence-corrected chi connectivity index (χ2v) is 6.51. The van der Waals surface area contributed by atoms with Crippen molar-refractivity contribution in [3.63, 3.8) is 0 Å². The number of hydrogen-bond donors (Lipinski definition) is 0. The molecular weight excluding hydrogens is 353 g/mol. The van der Waals surface area contributed by atoms with Crippen LogP contribution in [-0.2, 0) is 19.5 Å². The van der Waals surface area contributed by atoms with Crippen molar-refractivity contribution in [2.24, 2.45) is 5.41 Å². The van der Waals surface area contributed by atoms with Gasteiger partial charge in [-0.2, -0.15) is 0 Å². The van der Waals surface area contributed by atoms with Crippen molar-refractivity contribution in [1.29, 1.82) is 0 Å². The van der Waals surface area contributed by atoms with Crippen LogP contribution in [0.2, 0.25) is 0 Å². The Labute approximate surface area is 141 Å². The monoisotopic (exact) mass is 378 g/mol. The molecule has 0 fully saturated rings. The minimum absolute atomic E-state index is 0. The molecule has 0 unspecified atom stereocenters. The molecule has 2 rings (SSSR count). The van der Waals surface area contributed by atoms with Crippen molar-refractivity contribution in [3.8, 4) is 0 Å². The molecule has 0 aliphatic heterocycles. The maximum Gasteiger partial charge on any atom is 0.0406 e. The molecule has 0 N–H and O–H groups in total. The van der Waals surface area contributed by atoms with Crippen molar-refractivity contribution < 1.29 is 19.5 Å². The Morgan fingerprint density at radius 2 is 1.55 bits per heavy atom. The second-order valence-electron chi connectivity index (χ2n) is 6.10. The van der Waals surface area contributed by atoms with Gasteiger partial charge in [0, 0.05) is 29.9 Å². The summed E-state index contributed by atoms with van der Waals surface area (Å²) in [6, 6.07) is 0. The predicted octanol–water partition coefficient (Wildman–Crippen LogP) is 6.30. The van der Waals surface area contributed by atoms with Crippen LogP contribution in [0.25, 0.3) is 0 Å². The third-order valence-electron chi connectivity index (χ3n) is 5.39. The van der Waals surface area contributed by atoms with E-state index in [1.54, 1.807) is 0 Å². The minimum Gasteiger partial charge on any atom is -0.0844 e. The van der Waals surface area contributed by atoms with Crippen molar-refractivity contribution in [1.82, 2.24) is 0 Å². The van der Waals surface area contributed by atoms with Gasteiger partial charge in [-0.3, -0.25) is 0 Å². The molecule has 2 aliphatic rings. The summed E-state index contributed by atoms with van der Waals surface area (Å²) < 4.78 is 0. The molecule has 0 saturated carbocycles. The van der Waals surface area contributed by atoms with Gasteiger partial charge < -0.3 is 0 Å². The average molecular weight is 378 g/mol. The molecular formula is C18H25ClRu. The SMILES string of the molecule is CC1=C(C)C(C)(C2=C(Cl)C=CCCCC2)C(C)=C1C.[Ru]. The number of halogens is 1. The van der Waals surface area contributed by atoms with Crippen LogP contribution in [0.1, 0.15) is 60.3 Å². The summed E-state index contributed by atoms with van der Waals surface area (Å²) in [5.41, 5.74) is 7.30. The first kappa shape index (κ1) is 17.9. The molecule has 0 atom stereocenters. The molecule has 2 aliphatic carbocycles. The molecule has 0 aromatic carbocycles. The Kier molecular flexibility index (Phi) is 6.05. The summed E-state index contributed by atoms with van der Waals surface area (Å²) >= 11 is 6.60. The van der Waals surface area contributed by atoms with Crippen LogP contribution < -0.4 is 0 Å². The summed E-state index contributed by atoms with van der Waals surface area (Å²) in [4.78, 5) is 0. The zero-order valence-corrected chi connectivity index (χ0v) is 15.7. The van der Waals surface area contributed by atoms with E-state index >= 15 is 0 Å². The zero-order chi connectivity index (χ0) is 14.2. The van der Waals surface area contributed by atoms with Gasteiger partial charge in [-0.15, -0.1) is 0 Å². The maximum atomic E-state index is 6.60. The Hall–Kier alpha value is -0.127. The van der Waals surface area contributed by atoms with Crippen LogP contribution in [-0.4, -0.2) is 0 Å². The van der Waals surface area contributed by atoms with Crippen molar-refractivity contribution in [2.45, 2.75) is 60.3 Å².